The molecule has 7 heteroatoms. The molecule has 0 saturated carbocycles. The molecule has 2 aromatic rings. The second-order valence-electron chi connectivity index (χ2n) is 4.37. The van der Waals surface area contributed by atoms with Crippen LogP contribution in [-0.4, -0.2) is 25.6 Å². The maximum Gasteiger partial charge on any atom is 0.251 e. The minimum atomic E-state index is -3.32. The van der Waals surface area contributed by atoms with E-state index in [-0.39, 0.29) is 16.8 Å². The van der Waals surface area contributed by atoms with Gasteiger partial charge in [-0.05, 0) is 25.1 Å². The Morgan fingerprint density at radius 1 is 1.40 bits per heavy atom. The molecule has 1 N–H and O–H groups in total. The van der Waals surface area contributed by atoms with Crippen molar-refractivity contribution in [3.05, 3.63) is 46.4 Å². The van der Waals surface area contributed by atoms with Gasteiger partial charge >= 0.3 is 0 Å². The summed E-state index contributed by atoms with van der Waals surface area (Å²) in [4.78, 5) is 16.4. The van der Waals surface area contributed by atoms with E-state index in [0.29, 0.717) is 5.56 Å². The van der Waals surface area contributed by atoms with Crippen molar-refractivity contribution in [3.63, 3.8) is 0 Å². The Morgan fingerprint density at radius 3 is 2.75 bits per heavy atom. The Balaban J connectivity index is 2.18. The summed E-state index contributed by atoms with van der Waals surface area (Å²) in [6.45, 7) is 1.83. The number of amides is 1. The minimum absolute atomic E-state index is 0.132. The summed E-state index contributed by atoms with van der Waals surface area (Å²) in [6, 6.07) is 5.76. The fourth-order valence-electron chi connectivity index (χ4n) is 1.66. The van der Waals surface area contributed by atoms with Gasteiger partial charge in [-0.3, -0.25) is 4.79 Å². The molecule has 0 radical (unpaired) electrons. The molecule has 0 aliphatic carbocycles. The van der Waals surface area contributed by atoms with E-state index in [9.17, 15) is 13.2 Å². The molecule has 1 heterocycles. The Hall–Kier alpha value is -1.73. The van der Waals surface area contributed by atoms with Gasteiger partial charge in [-0.15, -0.1) is 11.3 Å². The highest BCUT2D eigenvalue weighted by Crippen LogP contribution is 2.16. The number of thiazole rings is 1. The van der Waals surface area contributed by atoms with Crippen LogP contribution >= 0.6 is 11.3 Å². The highest BCUT2D eigenvalue weighted by atomic mass is 32.2. The topological polar surface area (TPSA) is 76.1 Å². The zero-order chi connectivity index (χ0) is 14.8. The van der Waals surface area contributed by atoms with Crippen molar-refractivity contribution >= 4 is 27.1 Å². The van der Waals surface area contributed by atoms with Crippen LogP contribution in [0, 0.1) is 0 Å². The number of sulfone groups is 1. The Morgan fingerprint density at radius 2 is 2.15 bits per heavy atom. The van der Waals surface area contributed by atoms with Crippen LogP contribution in [0.15, 0.2) is 40.7 Å². The molecule has 0 spiro atoms. The van der Waals surface area contributed by atoms with Crippen molar-refractivity contribution in [1.29, 1.82) is 0 Å². The van der Waals surface area contributed by atoms with Crippen LogP contribution in [0.25, 0.3) is 0 Å². The van der Waals surface area contributed by atoms with Crippen molar-refractivity contribution < 1.29 is 13.2 Å². The fraction of sp³-hybridized carbons (Fsp3) is 0.231. The van der Waals surface area contributed by atoms with Gasteiger partial charge in [0.25, 0.3) is 5.91 Å². The summed E-state index contributed by atoms with van der Waals surface area (Å²) in [5, 5.41) is 5.43. The lowest BCUT2D eigenvalue weighted by molar-refractivity contribution is 0.0939. The number of carbonyl (C=O) groups is 1. The SMILES string of the molecule is C[C@H](NC(=O)c1cccc(S(C)(=O)=O)c1)c1nccs1. The third-order valence-electron chi connectivity index (χ3n) is 2.69. The quantitative estimate of drug-likeness (QED) is 0.937. The molecule has 0 fully saturated rings. The molecule has 106 valence electrons. The average molecular weight is 310 g/mol. The maximum atomic E-state index is 12.1. The standard InChI is InChI=1S/C13H14N2O3S2/c1-9(13-14-6-7-19-13)15-12(16)10-4-3-5-11(8-10)20(2,17)18/h3-9H,1-2H3,(H,15,16)/t9-/m0/s1. The first kappa shape index (κ1) is 14.7. The van der Waals surface area contributed by atoms with Crippen LogP contribution in [0.1, 0.15) is 28.3 Å². The van der Waals surface area contributed by atoms with Crippen molar-refractivity contribution in [3.8, 4) is 0 Å². The maximum absolute atomic E-state index is 12.1. The van der Waals surface area contributed by atoms with E-state index >= 15 is 0 Å². The van der Waals surface area contributed by atoms with Gasteiger partial charge in [-0.25, -0.2) is 13.4 Å². The number of benzene rings is 1. The smallest absolute Gasteiger partial charge is 0.251 e. The minimum Gasteiger partial charge on any atom is -0.343 e. The molecule has 1 amide bonds. The zero-order valence-corrected chi connectivity index (χ0v) is 12.7. The summed E-state index contributed by atoms with van der Waals surface area (Å²) < 4.78 is 23.0. The third kappa shape index (κ3) is 3.43. The Labute approximate surface area is 121 Å². The van der Waals surface area contributed by atoms with Gasteiger partial charge in [0.2, 0.25) is 0 Å². The average Bonchev–Trinajstić information content (AvgIpc) is 2.91. The van der Waals surface area contributed by atoms with Gasteiger partial charge in [0, 0.05) is 23.4 Å². The molecule has 5 nitrogen and oxygen atoms in total. The monoisotopic (exact) mass is 310 g/mol. The number of nitrogens with one attached hydrogen (secondary N) is 1. The number of nitrogens with zero attached hydrogens (tertiary/aromatic N) is 1. The molecule has 2 rings (SSSR count). The van der Waals surface area contributed by atoms with E-state index in [1.807, 2.05) is 12.3 Å². The highest BCUT2D eigenvalue weighted by molar-refractivity contribution is 7.90. The van der Waals surface area contributed by atoms with E-state index in [1.54, 1.807) is 18.3 Å². The summed E-state index contributed by atoms with van der Waals surface area (Å²) in [6.07, 6.45) is 2.79. The number of rotatable bonds is 4. The number of hydrogen-bond donors (Lipinski definition) is 1. The molecule has 0 saturated heterocycles. The first-order chi connectivity index (χ1) is 9.38. The molecule has 0 aliphatic heterocycles. The normalized spacial score (nSPS) is 12.9. The van der Waals surface area contributed by atoms with Gasteiger partial charge < -0.3 is 5.32 Å². The van der Waals surface area contributed by atoms with Crippen LogP contribution in [0.5, 0.6) is 0 Å². The van der Waals surface area contributed by atoms with Crippen LogP contribution in [0.2, 0.25) is 0 Å². The second-order valence-corrected chi connectivity index (χ2v) is 7.31. The Kier molecular flexibility index (Phi) is 4.20. The van der Waals surface area contributed by atoms with Crippen molar-refractivity contribution in [2.24, 2.45) is 0 Å². The molecule has 1 atom stereocenters. The van der Waals surface area contributed by atoms with Gasteiger partial charge in [-0.2, -0.15) is 0 Å². The zero-order valence-electron chi connectivity index (χ0n) is 11.0. The van der Waals surface area contributed by atoms with Gasteiger partial charge in [-0.1, -0.05) is 6.07 Å². The molecular formula is C13H14N2O3S2. The first-order valence-electron chi connectivity index (χ1n) is 5.88. The van der Waals surface area contributed by atoms with E-state index in [4.69, 9.17) is 0 Å². The number of aromatic nitrogens is 1. The first-order valence-corrected chi connectivity index (χ1v) is 8.65. The van der Waals surface area contributed by atoms with Crippen LogP contribution < -0.4 is 5.32 Å². The molecule has 1 aromatic carbocycles. The van der Waals surface area contributed by atoms with E-state index in [0.717, 1.165) is 11.3 Å². The van der Waals surface area contributed by atoms with Crippen molar-refractivity contribution in [1.82, 2.24) is 10.3 Å². The third-order valence-corrected chi connectivity index (χ3v) is 4.76. The van der Waals surface area contributed by atoms with Crippen LogP contribution in [-0.2, 0) is 9.84 Å². The lowest BCUT2D eigenvalue weighted by atomic mass is 10.2. The van der Waals surface area contributed by atoms with Crippen molar-refractivity contribution in [2.75, 3.05) is 6.26 Å². The molecule has 20 heavy (non-hydrogen) atoms. The molecule has 0 aliphatic rings. The lowest BCUT2D eigenvalue weighted by Crippen LogP contribution is -2.26. The number of hydrogen-bond acceptors (Lipinski definition) is 5. The fourth-order valence-corrected chi connectivity index (χ4v) is 2.97. The molecular weight excluding hydrogens is 296 g/mol. The summed E-state index contributed by atoms with van der Waals surface area (Å²) in [7, 11) is -3.32. The van der Waals surface area contributed by atoms with Crippen LogP contribution in [0.3, 0.4) is 0 Å². The van der Waals surface area contributed by atoms with Gasteiger partial charge in [0.05, 0.1) is 10.9 Å². The summed E-state index contributed by atoms with van der Waals surface area (Å²) in [5.41, 5.74) is 0.316. The lowest BCUT2D eigenvalue weighted by Gasteiger charge is -2.11. The highest BCUT2D eigenvalue weighted by Gasteiger charge is 2.15. The Bertz CT molecular complexity index is 709. The van der Waals surface area contributed by atoms with Gasteiger partial charge in [0.1, 0.15) is 5.01 Å². The largest absolute Gasteiger partial charge is 0.343 e. The van der Waals surface area contributed by atoms with E-state index in [2.05, 4.69) is 10.3 Å². The summed E-state index contributed by atoms with van der Waals surface area (Å²) in [5.74, 6) is -0.321. The van der Waals surface area contributed by atoms with E-state index < -0.39 is 9.84 Å². The van der Waals surface area contributed by atoms with Gasteiger partial charge in [0.15, 0.2) is 9.84 Å². The summed E-state index contributed by atoms with van der Waals surface area (Å²) >= 11 is 1.45. The predicted molar refractivity (Wildman–Crippen MR) is 77.5 cm³/mol. The molecule has 0 bridgehead atoms. The van der Waals surface area contributed by atoms with E-state index in [1.165, 1.54) is 23.5 Å². The predicted octanol–water partition coefficient (Wildman–Crippen LogP) is 2.04. The van der Waals surface area contributed by atoms with Crippen LogP contribution in [0.4, 0.5) is 0 Å². The molecule has 1 aromatic heterocycles. The number of carbonyl (C=O) groups excluding carboxylic acids is 1. The van der Waals surface area contributed by atoms with Crippen molar-refractivity contribution in [2.45, 2.75) is 17.9 Å². The second kappa shape index (κ2) is 5.72. The molecule has 0 unspecified atom stereocenters.